The van der Waals surface area contributed by atoms with Crippen molar-refractivity contribution in [1.29, 1.82) is 0 Å². The van der Waals surface area contributed by atoms with Crippen molar-refractivity contribution in [1.82, 2.24) is 9.97 Å². The van der Waals surface area contributed by atoms with E-state index < -0.39 is 11.9 Å². The molecule has 1 heterocycles. The Morgan fingerprint density at radius 3 is 2.84 bits per heavy atom. The van der Waals surface area contributed by atoms with Gasteiger partial charge in [0.05, 0.1) is 12.8 Å². The Bertz CT molecular complexity index is 604. The second kappa shape index (κ2) is 5.14. The maximum Gasteiger partial charge on any atom is 0.313 e. The van der Waals surface area contributed by atoms with Crippen LogP contribution >= 0.6 is 0 Å². The van der Waals surface area contributed by atoms with Gasteiger partial charge >= 0.3 is 5.97 Å². The van der Waals surface area contributed by atoms with E-state index in [2.05, 4.69) is 9.97 Å². The van der Waals surface area contributed by atoms with E-state index in [0.29, 0.717) is 5.82 Å². The number of aromatic amines is 1. The van der Waals surface area contributed by atoms with Crippen LogP contribution in [0.5, 0.6) is 5.75 Å². The van der Waals surface area contributed by atoms with Gasteiger partial charge in [0.2, 0.25) is 0 Å². The average Bonchev–Trinajstić information content (AvgIpc) is 2.79. The Kier molecular flexibility index (Phi) is 3.55. The lowest BCUT2D eigenvalue weighted by Crippen LogP contribution is -2.08. The minimum Gasteiger partial charge on any atom is -0.497 e. The number of imidazole rings is 1. The highest BCUT2D eigenvalue weighted by Gasteiger charge is 2.19. The van der Waals surface area contributed by atoms with Gasteiger partial charge in [0.1, 0.15) is 17.5 Å². The van der Waals surface area contributed by atoms with E-state index in [9.17, 15) is 4.79 Å². The fourth-order valence-electron chi connectivity index (χ4n) is 1.86. The molecule has 2 N–H and O–H groups in total. The lowest BCUT2D eigenvalue weighted by Gasteiger charge is -2.03. The number of nitrogens with one attached hydrogen (secondary N) is 1. The number of carbonyl (C=O) groups is 1. The number of rotatable bonds is 4. The van der Waals surface area contributed by atoms with Crippen molar-refractivity contribution in [3.8, 4) is 17.0 Å². The predicted molar refractivity (Wildman–Crippen MR) is 71.4 cm³/mol. The summed E-state index contributed by atoms with van der Waals surface area (Å²) in [5.41, 5.74) is 2.50. The molecule has 0 aliphatic carbocycles. The van der Waals surface area contributed by atoms with E-state index >= 15 is 0 Å². The van der Waals surface area contributed by atoms with Crippen molar-refractivity contribution in [2.75, 3.05) is 7.11 Å². The molecule has 19 heavy (non-hydrogen) atoms. The molecule has 0 radical (unpaired) electrons. The highest BCUT2D eigenvalue weighted by atomic mass is 16.5. The molecule has 1 aromatic heterocycles. The Labute approximate surface area is 111 Å². The summed E-state index contributed by atoms with van der Waals surface area (Å²) >= 11 is 0. The molecule has 1 aromatic carbocycles. The number of carboxylic acids is 1. The van der Waals surface area contributed by atoms with E-state index in [0.717, 1.165) is 22.7 Å². The molecule has 5 nitrogen and oxygen atoms in total. The van der Waals surface area contributed by atoms with E-state index in [1.807, 2.05) is 31.2 Å². The van der Waals surface area contributed by atoms with Crippen LogP contribution in [0.2, 0.25) is 0 Å². The van der Waals surface area contributed by atoms with E-state index in [4.69, 9.17) is 9.84 Å². The SMILES string of the molecule is COc1cccc(-c2nc(C(C)C(=O)O)[nH]c2C)c1. The Balaban J connectivity index is 2.42. The standard InChI is InChI=1S/C14H16N2O3/c1-8(14(17)18)13-15-9(2)12(16-13)10-5-4-6-11(7-10)19-3/h4-8H,1-3H3,(H,15,16)(H,17,18). The number of benzene rings is 1. The number of ether oxygens (including phenoxy) is 1. The lowest BCUT2D eigenvalue weighted by molar-refractivity contribution is -0.138. The number of H-pyrrole nitrogens is 1. The van der Waals surface area contributed by atoms with Crippen LogP contribution in [0.15, 0.2) is 24.3 Å². The summed E-state index contributed by atoms with van der Waals surface area (Å²) in [5.74, 6) is -0.348. The van der Waals surface area contributed by atoms with Gasteiger partial charge in [0.15, 0.2) is 0 Å². The molecular weight excluding hydrogens is 244 g/mol. The molecule has 1 unspecified atom stereocenters. The summed E-state index contributed by atoms with van der Waals surface area (Å²) in [6.07, 6.45) is 0. The minimum atomic E-state index is -0.897. The van der Waals surface area contributed by atoms with Crippen LogP contribution in [0.3, 0.4) is 0 Å². The molecule has 2 aromatic rings. The zero-order valence-corrected chi connectivity index (χ0v) is 11.1. The minimum absolute atomic E-state index is 0.461. The first-order chi connectivity index (χ1) is 9.02. The molecule has 0 saturated carbocycles. The zero-order valence-electron chi connectivity index (χ0n) is 11.1. The lowest BCUT2D eigenvalue weighted by atomic mass is 10.1. The third-order valence-electron chi connectivity index (χ3n) is 3.03. The zero-order chi connectivity index (χ0) is 14.0. The van der Waals surface area contributed by atoms with Gasteiger partial charge in [-0.2, -0.15) is 0 Å². The fraction of sp³-hybridized carbons (Fsp3) is 0.286. The van der Waals surface area contributed by atoms with Crippen LogP contribution in [0.25, 0.3) is 11.3 Å². The molecule has 5 heteroatoms. The Morgan fingerprint density at radius 1 is 1.47 bits per heavy atom. The van der Waals surface area contributed by atoms with E-state index in [1.54, 1.807) is 14.0 Å². The third kappa shape index (κ3) is 2.59. The first-order valence-electron chi connectivity index (χ1n) is 5.96. The van der Waals surface area contributed by atoms with Crippen LogP contribution in [-0.4, -0.2) is 28.2 Å². The van der Waals surface area contributed by atoms with Crippen LogP contribution in [0.4, 0.5) is 0 Å². The smallest absolute Gasteiger partial charge is 0.313 e. The van der Waals surface area contributed by atoms with Gasteiger partial charge in [0.25, 0.3) is 0 Å². The average molecular weight is 260 g/mol. The van der Waals surface area contributed by atoms with Crippen LogP contribution in [0, 0.1) is 6.92 Å². The van der Waals surface area contributed by atoms with Crippen LogP contribution < -0.4 is 4.74 Å². The first kappa shape index (κ1) is 13.1. The molecule has 0 spiro atoms. The number of nitrogens with zero attached hydrogens (tertiary/aromatic N) is 1. The summed E-state index contributed by atoms with van der Waals surface area (Å²) in [4.78, 5) is 18.4. The maximum atomic E-state index is 11.0. The van der Waals surface area contributed by atoms with Gasteiger partial charge in [-0.05, 0) is 26.0 Å². The van der Waals surface area contributed by atoms with Crippen molar-refractivity contribution in [2.24, 2.45) is 0 Å². The highest BCUT2D eigenvalue weighted by molar-refractivity contribution is 5.75. The van der Waals surface area contributed by atoms with Crippen molar-refractivity contribution >= 4 is 5.97 Å². The second-order valence-corrected chi connectivity index (χ2v) is 4.39. The molecule has 0 fully saturated rings. The van der Waals surface area contributed by atoms with Gasteiger partial charge in [-0.25, -0.2) is 4.98 Å². The van der Waals surface area contributed by atoms with Crippen molar-refractivity contribution < 1.29 is 14.6 Å². The van der Waals surface area contributed by atoms with Gasteiger partial charge < -0.3 is 14.8 Å². The summed E-state index contributed by atoms with van der Waals surface area (Å²) in [6, 6.07) is 7.52. The Hall–Kier alpha value is -2.30. The molecule has 0 aliphatic heterocycles. The first-order valence-corrected chi connectivity index (χ1v) is 5.96. The summed E-state index contributed by atoms with van der Waals surface area (Å²) in [7, 11) is 1.61. The third-order valence-corrected chi connectivity index (χ3v) is 3.03. The van der Waals surface area contributed by atoms with Crippen molar-refractivity contribution in [3.05, 3.63) is 35.8 Å². The molecule has 0 saturated heterocycles. The summed E-state index contributed by atoms with van der Waals surface area (Å²) in [6.45, 7) is 3.48. The quantitative estimate of drug-likeness (QED) is 0.886. The number of methoxy groups -OCH3 is 1. The van der Waals surface area contributed by atoms with Gasteiger partial charge in [-0.1, -0.05) is 12.1 Å². The van der Waals surface area contributed by atoms with Crippen molar-refractivity contribution in [3.63, 3.8) is 0 Å². The molecule has 0 amide bonds. The number of aryl methyl sites for hydroxylation is 1. The second-order valence-electron chi connectivity index (χ2n) is 4.39. The maximum absolute atomic E-state index is 11.0. The summed E-state index contributed by atoms with van der Waals surface area (Å²) in [5, 5.41) is 9.01. The molecule has 2 rings (SSSR count). The number of aliphatic carboxylic acids is 1. The largest absolute Gasteiger partial charge is 0.497 e. The van der Waals surface area contributed by atoms with Gasteiger partial charge in [-0.3, -0.25) is 4.79 Å². The van der Waals surface area contributed by atoms with Crippen LogP contribution in [-0.2, 0) is 4.79 Å². The Morgan fingerprint density at radius 2 is 2.21 bits per heavy atom. The van der Waals surface area contributed by atoms with E-state index in [-0.39, 0.29) is 0 Å². The monoisotopic (exact) mass is 260 g/mol. The summed E-state index contributed by atoms with van der Waals surface area (Å²) < 4.78 is 5.18. The number of carboxylic acid groups (broad SMARTS) is 1. The van der Waals surface area contributed by atoms with Gasteiger partial charge in [-0.15, -0.1) is 0 Å². The topological polar surface area (TPSA) is 75.2 Å². The molecule has 100 valence electrons. The normalized spacial score (nSPS) is 12.2. The fourth-order valence-corrected chi connectivity index (χ4v) is 1.86. The molecular formula is C14H16N2O3. The number of hydrogen-bond acceptors (Lipinski definition) is 3. The van der Waals surface area contributed by atoms with Crippen LogP contribution in [0.1, 0.15) is 24.4 Å². The highest BCUT2D eigenvalue weighted by Crippen LogP contribution is 2.26. The predicted octanol–water partition coefficient (Wildman–Crippen LogP) is 2.58. The van der Waals surface area contributed by atoms with Gasteiger partial charge in [0, 0.05) is 11.3 Å². The van der Waals surface area contributed by atoms with E-state index in [1.165, 1.54) is 0 Å². The molecule has 0 bridgehead atoms. The molecule has 0 aliphatic rings. The molecule has 1 atom stereocenters. The number of hydrogen-bond donors (Lipinski definition) is 2. The number of aromatic nitrogens is 2. The van der Waals surface area contributed by atoms with Crippen molar-refractivity contribution in [2.45, 2.75) is 19.8 Å².